The number of amides is 3. The lowest BCUT2D eigenvalue weighted by Crippen LogP contribution is -2.58. The van der Waals surface area contributed by atoms with Crippen LogP contribution in [0.3, 0.4) is 0 Å². The lowest BCUT2D eigenvalue weighted by molar-refractivity contribution is -0.137. The Morgan fingerprint density at radius 3 is 2.32 bits per heavy atom. The number of carbonyl (C=O) groups excluding carboxylic acids is 2. The molecule has 6 heteroatoms. The van der Waals surface area contributed by atoms with Crippen LogP contribution in [-0.4, -0.2) is 54.0 Å². The van der Waals surface area contributed by atoms with Gasteiger partial charge in [-0.05, 0) is 24.3 Å². The zero-order valence-electron chi connectivity index (χ0n) is 15.6. The first-order valence-corrected chi connectivity index (χ1v) is 8.88. The van der Waals surface area contributed by atoms with Crippen LogP contribution >= 0.6 is 0 Å². The molecule has 6 nitrogen and oxygen atoms in total. The van der Waals surface area contributed by atoms with Gasteiger partial charge in [-0.25, -0.2) is 4.79 Å². The molecule has 138 valence electrons. The second-order valence-electron chi connectivity index (χ2n) is 7.30. The molecule has 1 saturated heterocycles. The van der Waals surface area contributed by atoms with Gasteiger partial charge in [0.15, 0.2) is 0 Å². The highest BCUT2D eigenvalue weighted by atomic mass is 16.2. The fraction of sp³-hybridized carbons (Fsp3) is 0.579. The molecule has 0 bridgehead atoms. The van der Waals surface area contributed by atoms with Crippen LogP contribution in [0.2, 0.25) is 0 Å². The average molecular weight is 346 g/mol. The Morgan fingerprint density at radius 1 is 1.24 bits per heavy atom. The number of nitrogens with zero attached hydrogens (tertiary/aromatic N) is 2. The molecule has 1 fully saturated rings. The van der Waals surface area contributed by atoms with Gasteiger partial charge in [0.05, 0.1) is 0 Å². The zero-order valence-corrected chi connectivity index (χ0v) is 15.6. The average Bonchev–Trinajstić information content (AvgIpc) is 2.53. The normalized spacial score (nSPS) is 23.0. The van der Waals surface area contributed by atoms with Crippen molar-refractivity contribution < 1.29 is 9.59 Å². The topological polar surface area (TPSA) is 78.7 Å². The number of primary amides is 1. The maximum absolute atomic E-state index is 12.6. The van der Waals surface area contributed by atoms with Gasteiger partial charge in [-0.1, -0.05) is 44.2 Å². The van der Waals surface area contributed by atoms with Crippen LogP contribution in [0.4, 0.5) is 4.79 Å². The maximum atomic E-state index is 12.6. The number of likely N-dealkylation sites (N-methyl/N-ethyl adjacent to an activating group) is 1. The Balaban J connectivity index is 1.99. The number of carbonyl (C=O) groups is 2. The molecule has 0 radical (unpaired) electrons. The number of likely N-dealkylation sites (tertiary alicyclic amines) is 1. The van der Waals surface area contributed by atoms with Gasteiger partial charge in [0.1, 0.15) is 6.04 Å². The van der Waals surface area contributed by atoms with Gasteiger partial charge in [0.25, 0.3) is 0 Å². The van der Waals surface area contributed by atoms with Crippen molar-refractivity contribution in [2.45, 2.75) is 39.4 Å². The van der Waals surface area contributed by atoms with Gasteiger partial charge in [0, 0.05) is 32.7 Å². The fourth-order valence-electron chi connectivity index (χ4n) is 4.13. The lowest BCUT2D eigenvalue weighted by atomic mass is 9.84. The van der Waals surface area contributed by atoms with Gasteiger partial charge in [-0.3, -0.25) is 9.69 Å². The van der Waals surface area contributed by atoms with E-state index in [1.54, 1.807) is 11.8 Å². The van der Waals surface area contributed by atoms with Gasteiger partial charge < -0.3 is 16.0 Å². The van der Waals surface area contributed by atoms with Crippen LogP contribution in [0.1, 0.15) is 26.3 Å². The molecule has 1 aromatic rings. The Hall–Kier alpha value is -2.08. The van der Waals surface area contributed by atoms with Crippen molar-refractivity contribution in [2.75, 3.05) is 20.1 Å². The van der Waals surface area contributed by atoms with Crippen molar-refractivity contribution in [2.24, 2.45) is 17.6 Å². The molecule has 0 saturated carbocycles. The van der Waals surface area contributed by atoms with E-state index in [0.29, 0.717) is 11.8 Å². The largest absolute Gasteiger partial charge is 0.352 e. The number of hydrogen-bond acceptors (Lipinski definition) is 3. The van der Waals surface area contributed by atoms with E-state index < -0.39 is 12.1 Å². The minimum absolute atomic E-state index is 0.0981. The molecule has 3 atom stereocenters. The third-order valence-electron chi connectivity index (χ3n) is 5.03. The molecule has 0 unspecified atom stereocenters. The summed E-state index contributed by atoms with van der Waals surface area (Å²) in [7, 11) is 1.83. The van der Waals surface area contributed by atoms with Crippen LogP contribution < -0.4 is 11.1 Å². The monoisotopic (exact) mass is 346 g/mol. The van der Waals surface area contributed by atoms with Crippen molar-refractivity contribution in [1.29, 1.82) is 0 Å². The third kappa shape index (κ3) is 4.95. The quantitative estimate of drug-likeness (QED) is 0.851. The minimum Gasteiger partial charge on any atom is -0.352 e. The van der Waals surface area contributed by atoms with E-state index in [2.05, 4.69) is 48.3 Å². The molecule has 0 aromatic heterocycles. The standard InChI is InChI=1S/C19H30N4O2/c1-13-10-23(12-16-8-6-5-7-9-16)11-14(2)17(13)22(4)18(24)15(3)21-19(20)25/h5-9,13-15,17H,10-12H2,1-4H3,(H3,20,21,25)/t13-,14-,15-/m0/s1. The summed E-state index contributed by atoms with van der Waals surface area (Å²) in [4.78, 5) is 27.8. The van der Waals surface area contributed by atoms with Crippen molar-refractivity contribution in [3.8, 4) is 0 Å². The number of rotatable bonds is 5. The molecular formula is C19H30N4O2. The molecule has 1 aliphatic rings. The Morgan fingerprint density at radius 2 is 1.80 bits per heavy atom. The summed E-state index contributed by atoms with van der Waals surface area (Å²) in [6, 6.07) is 9.32. The van der Waals surface area contributed by atoms with Gasteiger partial charge in [-0.15, -0.1) is 0 Å². The van der Waals surface area contributed by atoms with Crippen LogP contribution in [0, 0.1) is 11.8 Å². The molecule has 0 spiro atoms. The minimum atomic E-state index is -0.673. The van der Waals surface area contributed by atoms with Crippen molar-refractivity contribution in [1.82, 2.24) is 15.1 Å². The van der Waals surface area contributed by atoms with Crippen LogP contribution in [-0.2, 0) is 11.3 Å². The summed E-state index contributed by atoms with van der Waals surface area (Å²) in [5, 5.41) is 2.47. The highest BCUT2D eigenvalue weighted by Crippen LogP contribution is 2.27. The SMILES string of the molecule is C[C@H](NC(N)=O)C(=O)N(C)C1[C@@H](C)CN(Cc2ccccc2)C[C@@H]1C. The number of piperidine rings is 1. The maximum Gasteiger partial charge on any atom is 0.312 e. The first-order valence-electron chi connectivity index (χ1n) is 8.88. The summed E-state index contributed by atoms with van der Waals surface area (Å²) in [5.74, 6) is 0.600. The summed E-state index contributed by atoms with van der Waals surface area (Å²) in [6.45, 7) is 8.86. The number of urea groups is 1. The zero-order chi connectivity index (χ0) is 18.6. The number of nitrogens with two attached hydrogens (primary N) is 1. The Labute approximate surface area is 150 Å². The second kappa shape index (κ2) is 8.34. The van der Waals surface area contributed by atoms with E-state index >= 15 is 0 Å². The number of hydrogen-bond donors (Lipinski definition) is 2. The Bertz CT molecular complexity index is 580. The fourth-order valence-corrected chi connectivity index (χ4v) is 4.13. The van der Waals surface area contributed by atoms with E-state index in [9.17, 15) is 9.59 Å². The highest BCUT2D eigenvalue weighted by molar-refractivity contribution is 5.86. The summed E-state index contributed by atoms with van der Waals surface area (Å²) >= 11 is 0. The van der Waals surface area contributed by atoms with E-state index in [1.807, 2.05) is 13.1 Å². The third-order valence-corrected chi connectivity index (χ3v) is 5.03. The molecule has 1 aliphatic heterocycles. The predicted octanol–water partition coefficient (Wildman–Crippen LogP) is 1.66. The second-order valence-corrected chi connectivity index (χ2v) is 7.30. The van der Waals surface area contributed by atoms with Gasteiger partial charge >= 0.3 is 6.03 Å². The Kier molecular flexibility index (Phi) is 6.42. The first kappa shape index (κ1) is 19.2. The van der Waals surface area contributed by atoms with Gasteiger partial charge in [0.2, 0.25) is 5.91 Å². The summed E-state index contributed by atoms with van der Waals surface area (Å²) in [5.41, 5.74) is 6.44. The summed E-state index contributed by atoms with van der Waals surface area (Å²) in [6.07, 6.45) is 0. The molecule has 3 N–H and O–H groups in total. The highest BCUT2D eigenvalue weighted by Gasteiger charge is 2.37. The van der Waals surface area contributed by atoms with E-state index in [-0.39, 0.29) is 11.9 Å². The smallest absolute Gasteiger partial charge is 0.312 e. The molecule has 25 heavy (non-hydrogen) atoms. The number of nitrogens with one attached hydrogen (secondary N) is 1. The lowest BCUT2D eigenvalue weighted by Gasteiger charge is -2.46. The molecule has 1 heterocycles. The van der Waals surface area contributed by atoms with E-state index in [0.717, 1.165) is 19.6 Å². The first-order chi connectivity index (χ1) is 11.8. The van der Waals surface area contributed by atoms with E-state index in [4.69, 9.17) is 5.73 Å². The van der Waals surface area contributed by atoms with Crippen LogP contribution in [0.25, 0.3) is 0 Å². The molecular weight excluding hydrogens is 316 g/mol. The van der Waals surface area contributed by atoms with Crippen LogP contribution in [0.5, 0.6) is 0 Å². The van der Waals surface area contributed by atoms with Crippen molar-refractivity contribution >= 4 is 11.9 Å². The molecule has 0 aliphatic carbocycles. The summed E-state index contributed by atoms with van der Waals surface area (Å²) < 4.78 is 0. The molecule has 1 aromatic carbocycles. The van der Waals surface area contributed by atoms with E-state index in [1.165, 1.54) is 5.56 Å². The molecule has 2 rings (SSSR count). The van der Waals surface area contributed by atoms with Gasteiger partial charge in [-0.2, -0.15) is 0 Å². The molecule has 3 amide bonds. The predicted molar refractivity (Wildman–Crippen MR) is 98.8 cm³/mol. The number of benzene rings is 1. The van der Waals surface area contributed by atoms with Crippen LogP contribution in [0.15, 0.2) is 30.3 Å². The van der Waals surface area contributed by atoms with Crippen molar-refractivity contribution in [3.05, 3.63) is 35.9 Å². The van der Waals surface area contributed by atoms with Crippen molar-refractivity contribution in [3.63, 3.8) is 0 Å².